The quantitative estimate of drug-likeness (QED) is 0.672. The van der Waals surface area contributed by atoms with Gasteiger partial charge in [0.1, 0.15) is 6.26 Å². The van der Waals surface area contributed by atoms with Crippen molar-refractivity contribution in [1.82, 2.24) is 24.9 Å². The number of rotatable bonds is 4. The maximum absolute atomic E-state index is 12.9. The van der Waals surface area contributed by atoms with Crippen LogP contribution in [0.15, 0.2) is 51.9 Å². The third-order valence-electron chi connectivity index (χ3n) is 6.15. The minimum absolute atomic E-state index is 0.113. The maximum atomic E-state index is 12.9. The average Bonchev–Trinajstić information content (AvgIpc) is 3.47. The van der Waals surface area contributed by atoms with Crippen molar-refractivity contribution in [3.63, 3.8) is 0 Å². The Morgan fingerprint density at radius 1 is 1.28 bits per heavy atom. The van der Waals surface area contributed by atoms with E-state index >= 15 is 0 Å². The summed E-state index contributed by atoms with van der Waals surface area (Å²) < 4.78 is 10.3. The predicted molar refractivity (Wildman–Crippen MR) is 103 cm³/mol. The molecular formula is C21H23N5O3. The van der Waals surface area contributed by atoms with Crippen LogP contribution in [0.3, 0.4) is 0 Å². The Morgan fingerprint density at radius 2 is 2.14 bits per heavy atom. The molecule has 3 aromatic rings. The minimum Gasteiger partial charge on any atom is -0.451 e. The number of nitrogens with zero attached hydrogens (tertiary/aromatic N) is 5. The van der Waals surface area contributed by atoms with Crippen LogP contribution in [0.2, 0.25) is 0 Å². The molecule has 1 aromatic carbocycles. The van der Waals surface area contributed by atoms with E-state index in [0.717, 1.165) is 26.1 Å². The fourth-order valence-electron chi connectivity index (χ4n) is 4.80. The molecule has 4 heterocycles. The minimum atomic E-state index is -0.343. The van der Waals surface area contributed by atoms with Gasteiger partial charge in [0.15, 0.2) is 17.9 Å². The van der Waals surface area contributed by atoms with Crippen molar-refractivity contribution in [2.24, 2.45) is 5.92 Å². The van der Waals surface area contributed by atoms with E-state index in [2.05, 4.69) is 44.3 Å². The van der Waals surface area contributed by atoms with Gasteiger partial charge in [0.25, 0.3) is 5.91 Å². The van der Waals surface area contributed by atoms with Crippen molar-refractivity contribution < 1.29 is 13.7 Å². The van der Waals surface area contributed by atoms with Crippen LogP contribution < -0.4 is 0 Å². The number of aryl methyl sites for hydroxylation is 1. The SMILES string of the molecule is Cc1nc([C@@]23CN(Cc4ccccc4)C[C@@H]2CCN(C(=O)c2cocn2)C3)no1. The van der Waals surface area contributed by atoms with Gasteiger partial charge in [-0.2, -0.15) is 4.98 Å². The first-order valence-electron chi connectivity index (χ1n) is 9.88. The number of piperidine rings is 1. The number of carbonyl (C=O) groups is 1. The molecule has 2 saturated heterocycles. The molecule has 0 spiro atoms. The number of amides is 1. The van der Waals surface area contributed by atoms with Crippen LogP contribution in [0.5, 0.6) is 0 Å². The topological polar surface area (TPSA) is 88.5 Å². The molecule has 0 unspecified atom stereocenters. The highest BCUT2D eigenvalue weighted by Gasteiger charge is 2.54. The summed E-state index contributed by atoms with van der Waals surface area (Å²) in [4.78, 5) is 25.8. The average molecular weight is 393 g/mol. The largest absolute Gasteiger partial charge is 0.451 e. The molecule has 8 nitrogen and oxygen atoms in total. The molecule has 0 bridgehead atoms. The van der Waals surface area contributed by atoms with Crippen LogP contribution in [0.4, 0.5) is 0 Å². The van der Waals surface area contributed by atoms with Crippen LogP contribution in [-0.2, 0) is 12.0 Å². The lowest BCUT2D eigenvalue weighted by molar-refractivity contribution is 0.0568. The van der Waals surface area contributed by atoms with Crippen molar-refractivity contribution >= 4 is 5.91 Å². The summed E-state index contributed by atoms with van der Waals surface area (Å²) in [5, 5.41) is 4.29. The van der Waals surface area contributed by atoms with E-state index in [1.54, 1.807) is 6.92 Å². The Morgan fingerprint density at radius 3 is 2.86 bits per heavy atom. The Balaban J connectivity index is 1.44. The fraction of sp³-hybridized carbons (Fsp3) is 0.429. The van der Waals surface area contributed by atoms with Gasteiger partial charge in [-0.15, -0.1) is 0 Å². The first kappa shape index (κ1) is 18.1. The molecule has 2 fully saturated rings. The third kappa shape index (κ3) is 3.23. The third-order valence-corrected chi connectivity index (χ3v) is 6.15. The van der Waals surface area contributed by atoms with Crippen molar-refractivity contribution in [3.8, 4) is 0 Å². The van der Waals surface area contributed by atoms with Gasteiger partial charge in [-0.1, -0.05) is 35.5 Å². The second-order valence-corrected chi connectivity index (χ2v) is 8.03. The zero-order chi connectivity index (χ0) is 19.8. The van der Waals surface area contributed by atoms with Gasteiger partial charge in [-0.05, 0) is 17.9 Å². The zero-order valence-corrected chi connectivity index (χ0v) is 16.3. The predicted octanol–water partition coefficient (Wildman–Crippen LogP) is 2.28. The molecule has 0 N–H and O–H groups in total. The molecule has 2 aromatic heterocycles. The van der Waals surface area contributed by atoms with Crippen molar-refractivity contribution in [2.75, 3.05) is 26.2 Å². The van der Waals surface area contributed by atoms with Gasteiger partial charge >= 0.3 is 0 Å². The summed E-state index contributed by atoms with van der Waals surface area (Å²) in [6.07, 6.45) is 3.58. The summed E-state index contributed by atoms with van der Waals surface area (Å²) in [5.41, 5.74) is 1.27. The smallest absolute Gasteiger partial charge is 0.275 e. The van der Waals surface area contributed by atoms with Crippen LogP contribution in [0.1, 0.15) is 34.2 Å². The highest BCUT2D eigenvalue weighted by molar-refractivity contribution is 5.92. The molecule has 5 rings (SSSR count). The lowest BCUT2D eigenvalue weighted by Gasteiger charge is -2.42. The zero-order valence-electron chi connectivity index (χ0n) is 16.3. The van der Waals surface area contributed by atoms with Crippen molar-refractivity contribution in [2.45, 2.75) is 25.3 Å². The molecule has 0 aliphatic carbocycles. The van der Waals surface area contributed by atoms with E-state index in [0.29, 0.717) is 36.4 Å². The normalized spacial score (nSPS) is 24.6. The van der Waals surface area contributed by atoms with E-state index in [1.165, 1.54) is 18.2 Å². The summed E-state index contributed by atoms with van der Waals surface area (Å²) in [6, 6.07) is 10.5. The van der Waals surface area contributed by atoms with Gasteiger partial charge in [-0.25, -0.2) is 4.98 Å². The Hall–Kier alpha value is -3.00. The van der Waals surface area contributed by atoms with Crippen LogP contribution in [-0.4, -0.2) is 57.0 Å². The van der Waals surface area contributed by atoms with E-state index < -0.39 is 0 Å². The molecule has 1 amide bonds. The number of hydrogen-bond donors (Lipinski definition) is 0. The molecule has 29 heavy (non-hydrogen) atoms. The number of aromatic nitrogens is 3. The first-order chi connectivity index (χ1) is 14.1. The number of oxazole rings is 1. The van der Waals surface area contributed by atoms with Crippen molar-refractivity contribution in [1.29, 1.82) is 0 Å². The highest BCUT2D eigenvalue weighted by Crippen LogP contribution is 2.44. The lowest BCUT2D eigenvalue weighted by atomic mass is 9.72. The van der Waals surface area contributed by atoms with E-state index in [1.807, 2.05) is 11.0 Å². The summed E-state index contributed by atoms with van der Waals surface area (Å²) in [5.74, 6) is 1.51. The molecule has 2 aliphatic heterocycles. The number of benzene rings is 1. The second-order valence-electron chi connectivity index (χ2n) is 8.03. The lowest BCUT2D eigenvalue weighted by Crippen LogP contribution is -2.54. The summed E-state index contributed by atoms with van der Waals surface area (Å²) in [6.45, 7) is 5.65. The molecule has 2 aliphatic rings. The number of likely N-dealkylation sites (tertiary alicyclic amines) is 2. The van der Waals surface area contributed by atoms with Crippen LogP contribution in [0, 0.1) is 12.8 Å². The van der Waals surface area contributed by atoms with E-state index in [4.69, 9.17) is 8.94 Å². The number of carbonyl (C=O) groups excluding carboxylic acids is 1. The summed E-state index contributed by atoms with van der Waals surface area (Å²) in [7, 11) is 0. The van der Waals surface area contributed by atoms with Crippen LogP contribution >= 0.6 is 0 Å². The van der Waals surface area contributed by atoms with Gasteiger partial charge < -0.3 is 13.8 Å². The molecule has 8 heteroatoms. The molecule has 0 saturated carbocycles. The number of fused-ring (bicyclic) bond motifs is 1. The molecular weight excluding hydrogens is 370 g/mol. The monoisotopic (exact) mass is 393 g/mol. The Kier molecular flexibility index (Phi) is 4.43. The first-order valence-corrected chi connectivity index (χ1v) is 9.88. The Labute approximate surface area is 168 Å². The van der Waals surface area contributed by atoms with Gasteiger partial charge in [0.05, 0.1) is 5.41 Å². The fourth-order valence-corrected chi connectivity index (χ4v) is 4.80. The Bertz CT molecular complexity index is 987. The molecule has 0 radical (unpaired) electrons. The van der Waals surface area contributed by atoms with E-state index in [-0.39, 0.29) is 11.3 Å². The molecule has 2 atom stereocenters. The van der Waals surface area contributed by atoms with Gasteiger partial charge in [0, 0.05) is 39.6 Å². The van der Waals surface area contributed by atoms with E-state index in [9.17, 15) is 4.79 Å². The highest BCUT2D eigenvalue weighted by atomic mass is 16.5. The standard InChI is InChI=1S/C21H23N5O3/c1-15-23-20(24-29-15)21-12-25(9-16-5-3-2-4-6-16)10-17(21)7-8-26(13-21)19(27)18-11-28-14-22-18/h2-6,11,14,17H,7-10,12-13H2,1H3/t17-,21+/m0/s1. The maximum Gasteiger partial charge on any atom is 0.275 e. The number of hydrogen-bond acceptors (Lipinski definition) is 7. The van der Waals surface area contributed by atoms with Crippen molar-refractivity contribution in [3.05, 3.63) is 66.0 Å². The summed E-state index contributed by atoms with van der Waals surface area (Å²) >= 11 is 0. The van der Waals surface area contributed by atoms with Crippen LogP contribution in [0.25, 0.3) is 0 Å². The second kappa shape index (κ2) is 7.11. The van der Waals surface area contributed by atoms with Gasteiger partial charge in [-0.3, -0.25) is 9.69 Å². The molecule has 150 valence electrons. The van der Waals surface area contributed by atoms with Gasteiger partial charge in [0.2, 0.25) is 5.89 Å².